The summed E-state index contributed by atoms with van der Waals surface area (Å²) in [5.74, 6) is 0.759. The second-order valence-electron chi connectivity index (χ2n) is 4.29. The average Bonchev–Trinajstić information content (AvgIpc) is 2.41. The fraction of sp³-hybridized carbons (Fsp3) is 0.200. The van der Waals surface area contributed by atoms with E-state index in [1.54, 1.807) is 12.1 Å². The van der Waals surface area contributed by atoms with E-state index in [9.17, 15) is 13.2 Å². The molecule has 2 aromatic carbocycles. The minimum absolute atomic E-state index is 0.153. The van der Waals surface area contributed by atoms with Crippen molar-refractivity contribution in [3.05, 3.63) is 59.7 Å². The minimum atomic E-state index is -4.30. The SMILES string of the molecule is Oc1ccc(OCCc2ccc(C(F)(F)F)cc2)cc1. The first-order chi connectivity index (χ1) is 9.45. The van der Waals surface area contributed by atoms with Gasteiger partial charge in [-0.05, 0) is 42.0 Å². The Morgan fingerprint density at radius 3 is 2.05 bits per heavy atom. The zero-order chi connectivity index (χ0) is 14.6. The van der Waals surface area contributed by atoms with Crippen LogP contribution >= 0.6 is 0 Å². The fourth-order valence-corrected chi connectivity index (χ4v) is 1.69. The quantitative estimate of drug-likeness (QED) is 0.917. The lowest BCUT2D eigenvalue weighted by Gasteiger charge is -2.08. The van der Waals surface area contributed by atoms with Crippen LogP contribution in [-0.4, -0.2) is 11.7 Å². The summed E-state index contributed by atoms with van der Waals surface area (Å²) in [5, 5.41) is 9.10. The topological polar surface area (TPSA) is 29.5 Å². The molecule has 0 atom stereocenters. The first-order valence-corrected chi connectivity index (χ1v) is 6.03. The third kappa shape index (κ3) is 3.91. The largest absolute Gasteiger partial charge is 0.508 e. The van der Waals surface area contributed by atoms with Gasteiger partial charge in [0.1, 0.15) is 11.5 Å². The van der Waals surface area contributed by atoms with Crippen LogP contribution in [-0.2, 0) is 12.6 Å². The number of halogens is 3. The molecule has 0 saturated carbocycles. The van der Waals surface area contributed by atoms with E-state index in [2.05, 4.69) is 0 Å². The summed E-state index contributed by atoms with van der Waals surface area (Å²) < 4.78 is 42.6. The van der Waals surface area contributed by atoms with E-state index in [4.69, 9.17) is 9.84 Å². The molecule has 0 unspecified atom stereocenters. The van der Waals surface area contributed by atoms with Gasteiger partial charge in [-0.25, -0.2) is 0 Å². The van der Waals surface area contributed by atoms with Crippen LogP contribution in [0.25, 0.3) is 0 Å². The molecule has 0 aromatic heterocycles. The van der Waals surface area contributed by atoms with E-state index in [0.29, 0.717) is 18.8 Å². The van der Waals surface area contributed by atoms with Crippen LogP contribution in [0.3, 0.4) is 0 Å². The third-order valence-corrected chi connectivity index (χ3v) is 2.78. The van der Waals surface area contributed by atoms with E-state index in [-0.39, 0.29) is 5.75 Å². The molecule has 0 radical (unpaired) electrons. The van der Waals surface area contributed by atoms with Crippen LogP contribution < -0.4 is 4.74 Å². The average molecular weight is 282 g/mol. The third-order valence-electron chi connectivity index (χ3n) is 2.78. The van der Waals surface area contributed by atoms with Crippen LogP contribution in [0.15, 0.2) is 48.5 Å². The number of ether oxygens (including phenoxy) is 1. The summed E-state index contributed by atoms with van der Waals surface area (Å²) in [6, 6.07) is 11.3. The van der Waals surface area contributed by atoms with Crippen molar-refractivity contribution >= 4 is 0 Å². The van der Waals surface area contributed by atoms with Crippen molar-refractivity contribution in [1.29, 1.82) is 0 Å². The van der Waals surface area contributed by atoms with Crippen LogP contribution in [0.2, 0.25) is 0 Å². The van der Waals surface area contributed by atoms with E-state index in [0.717, 1.165) is 17.7 Å². The van der Waals surface area contributed by atoms with Crippen molar-refractivity contribution in [2.75, 3.05) is 6.61 Å². The monoisotopic (exact) mass is 282 g/mol. The van der Waals surface area contributed by atoms with E-state index in [1.165, 1.54) is 24.3 Å². The first-order valence-electron chi connectivity index (χ1n) is 6.03. The Morgan fingerprint density at radius 1 is 0.900 bits per heavy atom. The Morgan fingerprint density at radius 2 is 1.50 bits per heavy atom. The second-order valence-corrected chi connectivity index (χ2v) is 4.29. The molecule has 0 bridgehead atoms. The van der Waals surface area contributed by atoms with Gasteiger partial charge in [0.25, 0.3) is 0 Å². The second kappa shape index (κ2) is 5.86. The minimum Gasteiger partial charge on any atom is -0.508 e. The van der Waals surface area contributed by atoms with Crippen molar-refractivity contribution < 1.29 is 23.0 Å². The van der Waals surface area contributed by atoms with Crippen LogP contribution in [0.1, 0.15) is 11.1 Å². The highest BCUT2D eigenvalue weighted by Gasteiger charge is 2.29. The molecule has 0 aliphatic carbocycles. The maximum absolute atomic E-state index is 12.4. The summed E-state index contributed by atoms with van der Waals surface area (Å²) in [6.07, 6.45) is -3.79. The van der Waals surface area contributed by atoms with Crippen molar-refractivity contribution in [2.45, 2.75) is 12.6 Å². The number of rotatable bonds is 4. The number of hydrogen-bond acceptors (Lipinski definition) is 2. The number of phenols is 1. The predicted octanol–water partition coefficient (Wildman–Crippen LogP) is 4.03. The number of alkyl halides is 3. The maximum atomic E-state index is 12.4. The van der Waals surface area contributed by atoms with E-state index in [1.807, 2.05) is 0 Å². The molecule has 5 heteroatoms. The molecule has 2 aromatic rings. The highest BCUT2D eigenvalue weighted by Crippen LogP contribution is 2.29. The zero-order valence-corrected chi connectivity index (χ0v) is 10.5. The lowest BCUT2D eigenvalue weighted by atomic mass is 10.1. The molecule has 0 aliphatic rings. The maximum Gasteiger partial charge on any atom is 0.416 e. The molecule has 106 valence electrons. The number of aromatic hydroxyl groups is 1. The highest BCUT2D eigenvalue weighted by atomic mass is 19.4. The van der Waals surface area contributed by atoms with Crippen molar-refractivity contribution in [3.8, 4) is 11.5 Å². The lowest BCUT2D eigenvalue weighted by Crippen LogP contribution is -2.05. The molecule has 2 rings (SSSR count). The molecule has 0 fully saturated rings. The van der Waals surface area contributed by atoms with Gasteiger partial charge in [-0.2, -0.15) is 13.2 Å². The highest BCUT2D eigenvalue weighted by molar-refractivity contribution is 5.30. The van der Waals surface area contributed by atoms with Crippen LogP contribution in [0.4, 0.5) is 13.2 Å². The van der Waals surface area contributed by atoms with E-state index >= 15 is 0 Å². The van der Waals surface area contributed by atoms with Gasteiger partial charge in [-0.3, -0.25) is 0 Å². The Balaban J connectivity index is 1.87. The Bertz CT molecular complexity index is 545. The molecule has 0 spiro atoms. The fourth-order valence-electron chi connectivity index (χ4n) is 1.69. The molecule has 20 heavy (non-hydrogen) atoms. The standard InChI is InChI=1S/C15H13F3O2/c16-15(17,18)12-3-1-11(2-4-12)9-10-20-14-7-5-13(19)6-8-14/h1-8,19H,9-10H2. The Hall–Kier alpha value is -2.17. The number of phenolic OH excluding ortho intramolecular Hbond substituents is 1. The van der Waals surface area contributed by atoms with Crippen LogP contribution in [0, 0.1) is 0 Å². The van der Waals surface area contributed by atoms with E-state index < -0.39 is 11.7 Å². The van der Waals surface area contributed by atoms with Gasteiger partial charge in [0.15, 0.2) is 0 Å². The van der Waals surface area contributed by atoms with Crippen molar-refractivity contribution in [1.82, 2.24) is 0 Å². The molecular weight excluding hydrogens is 269 g/mol. The molecule has 0 heterocycles. The van der Waals surface area contributed by atoms with Crippen molar-refractivity contribution in [3.63, 3.8) is 0 Å². The summed E-state index contributed by atoms with van der Waals surface area (Å²) in [7, 11) is 0. The van der Waals surface area contributed by atoms with Crippen LogP contribution in [0.5, 0.6) is 11.5 Å². The predicted molar refractivity (Wildman–Crippen MR) is 68.7 cm³/mol. The van der Waals surface area contributed by atoms with Gasteiger partial charge in [0.05, 0.1) is 12.2 Å². The molecule has 1 N–H and O–H groups in total. The lowest BCUT2D eigenvalue weighted by molar-refractivity contribution is -0.137. The first kappa shape index (κ1) is 14.2. The Labute approximate surface area is 114 Å². The van der Waals surface area contributed by atoms with Gasteiger partial charge in [0.2, 0.25) is 0 Å². The molecule has 0 saturated heterocycles. The van der Waals surface area contributed by atoms with Gasteiger partial charge in [-0.1, -0.05) is 12.1 Å². The summed E-state index contributed by atoms with van der Waals surface area (Å²) in [5.41, 5.74) is 0.123. The summed E-state index contributed by atoms with van der Waals surface area (Å²) in [6.45, 7) is 0.357. The van der Waals surface area contributed by atoms with Gasteiger partial charge in [-0.15, -0.1) is 0 Å². The number of benzene rings is 2. The van der Waals surface area contributed by atoms with Gasteiger partial charge in [0, 0.05) is 6.42 Å². The smallest absolute Gasteiger partial charge is 0.416 e. The summed E-state index contributed by atoms with van der Waals surface area (Å²) >= 11 is 0. The normalized spacial score (nSPS) is 11.3. The number of hydrogen-bond donors (Lipinski definition) is 1. The molecule has 2 nitrogen and oxygen atoms in total. The van der Waals surface area contributed by atoms with Gasteiger partial charge >= 0.3 is 6.18 Å². The Kier molecular flexibility index (Phi) is 4.17. The molecule has 0 aliphatic heterocycles. The molecular formula is C15H13F3O2. The zero-order valence-electron chi connectivity index (χ0n) is 10.5. The summed E-state index contributed by atoms with van der Waals surface area (Å²) in [4.78, 5) is 0. The molecule has 0 amide bonds. The van der Waals surface area contributed by atoms with Gasteiger partial charge < -0.3 is 9.84 Å². The van der Waals surface area contributed by atoms with Crippen molar-refractivity contribution in [2.24, 2.45) is 0 Å².